The number of halogens is 2. The van der Waals surface area contributed by atoms with Crippen LogP contribution in [0.25, 0.3) is 0 Å². The van der Waals surface area contributed by atoms with E-state index in [4.69, 9.17) is 23.2 Å². The summed E-state index contributed by atoms with van der Waals surface area (Å²) in [5.74, 6) is 0.0323. The lowest BCUT2D eigenvalue weighted by Gasteiger charge is -2.19. The Morgan fingerprint density at radius 1 is 1.08 bits per heavy atom. The average molecular weight is 381 g/mol. The highest BCUT2D eigenvalue weighted by molar-refractivity contribution is 6.42. The molecule has 5 nitrogen and oxygen atoms in total. The van der Waals surface area contributed by atoms with Crippen LogP contribution in [0.3, 0.4) is 0 Å². The fourth-order valence-corrected chi connectivity index (χ4v) is 5.00. The van der Waals surface area contributed by atoms with Crippen molar-refractivity contribution in [3.05, 3.63) is 28.2 Å². The van der Waals surface area contributed by atoms with Crippen LogP contribution < -0.4 is 5.32 Å². The third-order valence-corrected chi connectivity index (χ3v) is 6.52. The number of amides is 3. The summed E-state index contributed by atoms with van der Waals surface area (Å²) in [6, 6.07) is 4.82. The Bertz CT molecular complexity index is 739. The van der Waals surface area contributed by atoms with Crippen molar-refractivity contribution in [3.8, 4) is 0 Å². The van der Waals surface area contributed by atoms with Crippen LogP contribution in [0.4, 0.5) is 5.69 Å². The van der Waals surface area contributed by atoms with Crippen LogP contribution in [0.15, 0.2) is 18.2 Å². The van der Waals surface area contributed by atoms with Gasteiger partial charge in [-0.1, -0.05) is 23.2 Å². The van der Waals surface area contributed by atoms with Gasteiger partial charge in [0.2, 0.25) is 17.7 Å². The van der Waals surface area contributed by atoms with Crippen LogP contribution in [-0.2, 0) is 14.4 Å². The zero-order chi connectivity index (χ0) is 17.7. The molecule has 1 aromatic carbocycles. The van der Waals surface area contributed by atoms with E-state index < -0.39 is 0 Å². The number of anilines is 1. The minimum Gasteiger partial charge on any atom is -0.326 e. The first-order valence-electron chi connectivity index (χ1n) is 8.56. The van der Waals surface area contributed by atoms with Gasteiger partial charge >= 0.3 is 0 Å². The van der Waals surface area contributed by atoms with E-state index in [2.05, 4.69) is 5.32 Å². The molecule has 2 saturated carbocycles. The molecule has 2 aliphatic carbocycles. The lowest BCUT2D eigenvalue weighted by atomic mass is 9.81. The van der Waals surface area contributed by atoms with E-state index in [0.717, 1.165) is 19.3 Å². The van der Waals surface area contributed by atoms with E-state index in [9.17, 15) is 14.4 Å². The first-order chi connectivity index (χ1) is 12.0. The van der Waals surface area contributed by atoms with E-state index in [1.54, 1.807) is 18.2 Å². The number of imide groups is 1. The van der Waals surface area contributed by atoms with Gasteiger partial charge < -0.3 is 5.32 Å². The summed E-state index contributed by atoms with van der Waals surface area (Å²) in [5, 5.41) is 3.48. The van der Waals surface area contributed by atoms with Gasteiger partial charge in [-0.15, -0.1) is 0 Å². The molecule has 2 bridgehead atoms. The van der Waals surface area contributed by atoms with Crippen LogP contribution in [-0.4, -0.2) is 29.2 Å². The molecule has 0 unspecified atom stereocenters. The fourth-order valence-electron chi connectivity index (χ4n) is 4.70. The van der Waals surface area contributed by atoms with E-state index in [0.29, 0.717) is 27.6 Å². The van der Waals surface area contributed by atoms with Crippen molar-refractivity contribution < 1.29 is 14.4 Å². The number of nitrogens with zero attached hydrogens (tertiary/aromatic N) is 1. The fraction of sp³-hybridized carbons (Fsp3) is 0.500. The van der Waals surface area contributed by atoms with Gasteiger partial charge in [-0.2, -0.15) is 0 Å². The molecule has 3 aliphatic rings. The summed E-state index contributed by atoms with van der Waals surface area (Å²) in [4.78, 5) is 38.6. The van der Waals surface area contributed by atoms with Crippen LogP contribution in [0.1, 0.15) is 25.7 Å². The van der Waals surface area contributed by atoms with Crippen molar-refractivity contribution in [2.45, 2.75) is 25.7 Å². The number of fused-ring (bicyclic) bond motifs is 5. The number of benzene rings is 1. The van der Waals surface area contributed by atoms with Crippen molar-refractivity contribution in [1.29, 1.82) is 0 Å². The second kappa shape index (κ2) is 6.29. The van der Waals surface area contributed by atoms with Gasteiger partial charge in [0.15, 0.2) is 0 Å². The molecule has 132 valence electrons. The molecule has 7 heteroatoms. The Hall–Kier alpha value is -1.59. The van der Waals surface area contributed by atoms with Gasteiger partial charge in [-0.25, -0.2) is 0 Å². The molecule has 4 rings (SSSR count). The van der Waals surface area contributed by atoms with Crippen LogP contribution in [0, 0.1) is 23.7 Å². The van der Waals surface area contributed by atoms with Crippen LogP contribution in [0.5, 0.6) is 0 Å². The highest BCUT2D eigenvalue weighted by atomic mass is 35.5. The molecule has 25 heavy (non-hydrogen) atoms. The maximum atomic E-state index is 12.6. The first-order valence-corrected chi connectivity index (χ1v) is 9.31. The highest BCUT2D eigenvalue weighted by Crippen LogP contribution is 2.56. The van der Waals surface area contributed by atoms with Crippen molar-refractivity contribution >= 4 is 46.6 Å². The monoisotopic (exact) mass is 380 g/mol. The molecule has 3 amide bonds. The first kappa shape index (κ1) is 16.9. The Labute approximate surface area is 155 Å². The van der Waals surface area contributed by atoms with Gasteiger partial charge in [-0.3, -0.25) is 19.3 Å². The van der Waals surface area contributed by atoms with Crippen molar-refractivity contribution in [2.24, 2.45) is 23.7 Å². The topological polar surface area (TPSA) is 66.5 Å². The molecule has 1 aromatic rings. The molecular formula is C18H18Cl2N2O3. The van der Waals surface area contributed by atoms with E-state index in [1.165, 1.54) is 4.90 Å². The summed E-state index contributed by atoms with van der Waals surface area (Å²) in [6.07, 6.45) is 3.19. The SMILES string of the molecule is O=C(CCN1C(=O)[C@@H]2[C@@H]3CC[C@@H](C3)[C@@H]2C1=O)Nc1ccc(Cl)c(Cl)c1. The molecule has 3 fully saturated rings. The Morgan fingerprint density at radius 3 is 2.32 bits per heavy atom. The second-order valence-corrected chi connectivity index (χ2v) is 7.95. The zero-order valence-corrected chi connectivity index (χ0v) is 15.0. The highest BCUT2D eigenvalue weighted by Gasteiger charge is 2.60. The number of hydrogen-bond donors (Lipinski definition) is 1. The lowest BCUT2D eigenvalue weighted by Crippen LogP contribution is -2.35. The predicted octanol–water partition coefficient (Wildman–Crippen LogP) is 3.35. The van der Waals surface area contributed by atoms with Gasteiger partial charge in [0.1, 0.15) is 0 Å². The van der Waals surface area contributed by atoms with Gasteiger partial charge in [0, 0.05) is 18.7 Å². The molecular weight excluding hydrogens is 363 g/mol. The second-order valence-electron chi connectivity index (χ2n) is 7.14. The summed E-state index contributed by atoms with van der Waals surface area (Å²) < 4.78 is 0. The Morgan fingerprint density at radius 2 is 1.72 bits per heavy atom. The predicted molar refractivity (Wildman–Crippen MR) is 94.2 cm³/mol. The Balaban J connectivity index is 1.36. The van der Waals surface area contributed by atoms with Crippen molar-refractivity contribution in [1.82, 2.24) is 4.90 Å². The van der Waals surface area contributed by atoms with Gasteiger partial charge in [0.25, 0.3) is 0 Å². The number of carbonyl (C=O) groups is 3. The maximum Gasteiger partial charge on any atom is 0.233 e. The third kappa shape index (κ3) is 2.83. The normalized spacial score (nSPS) is 30.1. The minimum absolute atomic E-state index is 0.0759. The third-order valence-electron chi connectivity index (χ3n) is 5.78. The molecule has 1 heterocycles. The average Bonchev–Trinajstić information content (AvgIpc) is 3.24. The molecule has 4 atom stereocenters. The quantitative estimate of drug-likeness (QED) is 0.814. The smallest absolute Gasteiger partial charge is 0.233 e. The molecule has 1 saturated heterocycles. The molecule has 0 spiro atoms. The van der Waals surface area contributed by atoms with Gasteiger partial charge in [0.05, 0.1) is 21.9 Å². The number of likely N-dealkylation sites (tertiary alicyclic amines) is 1. The van der Waals surface area contributed by atoms with Crippen LogP contribution in [0.2, 0.25) is 10.0 Å². The number of carbonyl (C=O) groups excluding carboxylic acids is 3. The largest absolute Gasteiger partial charge is 0.326 e. The molecule has 0 radical (unpaired) electrons. The maximum absolute atomic E-state index is 12.6. The molecule has 1 aliphatic heterocycles. The number of rotatable bonds is 4. The molecule has 1 N–H and O–H groups in total. The summed E-state index contributed by atoms with van der Waals surface area (Å²) in [5.41, 5.74) is 0.536. The summed E-state index contributed by atoms with van der Waals surface area (Å²) >= 11 is 11.8. The van der Waals surface area contributed by atoms with E-state index in [-0.39, 0.29) is 42.5 Å². The van der Waals surface area contributed by atoms with Crippen LogP contribution >= 0.6 is 23.2 Å². The van der Waals surface area contributed by atoms with Crippen molar-refractivity contribution in [3.63, 3.8) is 0 Å². The van der Waals surface area contributed by atoms with E-state index in [1.807, 2.05) is 0 Å². The summed E-state index contributed by atoms with van der Waals surface area (Å²) in [7, 11) is 0. The minimum atomic E-state index is -0.265. The Kier molecular flexibility index (Phi) is 4.24. The lowest BCUT2D eigenvalue weighted by molar-refractivity contribution is -0.140. The van der Waals surface area contributed by atoms with Crippen molar-refractivity contribution in [2.75, 3.05) is 11.9 Å². The molecule has 0 aromatic heterocycles. The number of hydrogen-bond acceptors (Lipinski definition) is 3. The zero-order valence-electron chi connectivity index (χ0n) is 13.5. The van der Waals surface area contributed by atoms with Gasteiger partial charge in [-0.05, 0) is 49.3 Å². The van der Waals surface area contributed by atoms with E-state index >= 15 is 0 Å². The summed E-state index contributed by atoms with van der Waals surface area (Å²) in [6.45, 7) is 0.136. The standard InChI is InChI=1S/C18H18Cl2N2O3/c19-12-4-3-11(8-13(12)20)21-14(23)5-6-22-17(24)15-9-1-2-10(7-9)16(15)18(22)25/h3-4,8-10,15-16H,1-2,5-7H2,(H,21,23)/t9-,10+,15-,16+. The number of nitrogens with one attached hydrogen (secondary N) is 1.